The van der Waals surface area contributed by atoms with Crippen molar-refractivity contribution in [2.45, 2.75) is 44.2 Å². The predicted molar refractivity (Wildman–Crippen MR) is 132 cm³/mol. The number of hydrogen-bond donors (Lipinski definition) is 3. The first-order valence-corrected chi connectivity index (χ1v) is 12.7. The Morgan fingerprint density at radius 1 is 1.23 bits per heavy atom. The minimum atomic E-state index is -1.06. The van der Waals surface area contributed by atoms with Gasteiger partial charge in [0.2, 0.25) is 5.91 Å². The minimum absolute atomic E-state index is 0.106. The van der Waals surface area contributed by atoms with Crippen molar-refractivity contribution < 1.29 is 14.3 Å². The van der Waals surface area contributed by atoms with Crippen molar-refractivity contribution in [2.75, 3.05) is 18.5 Å². The number of thiazole rings is 1. The number of aromatic amines is 1. The largest absolute Gasteiger partial charge is 0.381 e. The lowest BCUT2D eigenvalue weighted by molar-refractivity contribution is -0.120. The fraction of sp³-hybridized carbons (Fsp3) is 0.435. The quantitative estimate of drug-likeness (QED) is 0.441. The van der Waals surface area contributed by atoms with Gasteiger partial charge in [0.15, 0.2) is 5.13 Å². The first-order valence-electron chi connectivity index (χ1n) is 11.5. The summed E-state index contributed by atoms with van der Waals surface area (Å²) in [5.74, 6) is -0.664. The van der Waals surface area contributed by atoms with E-state index in [9.17, 15) is 19.2 Å². The van der Waals surface area contributed by atoms with Crippen LogP contribution < -0.4 is 21.9 Å². The van der Waals surface area contributed by atoms with E-state index in [4.69, 9.17) is 16.3 Å². The topological polar surface area (TPSA) is 135 Å². The highest BCUT2D eigenvalue weighted by Crippen LogP contribution is 2.28. The molecule has 12 heteroatoms. The third kappa shape index (κ3) is 5.31. The Morgan fingerprint density at radius 3 is 2.69 bits per heavy atom. The summed E-state index contributed by atoms with van der Waals surface area (Å²) >= 11 is 7.02. The van der Waals surface area contributed by atoms with Crippen LogP contribution in [0, 0.1) is 5.92 Å². The maximum atomic E-state index is 13.5. The number of halogens is 1. The molecule has 5 rings (SSSR count). The van der Waals surface area contributed by atoms with Crippen molar-refractivity contribution in [1.29, 1.82) is 0 Å². The molecule has 1 saturated carbocycles. The fourth-order valence-electron chi connectivity index (χ4n) is 4.28. The van der Waals surface area contributed by atoms with Gasteiger partial charge in [-0.3, -0.25) is 14.4 Å². The van der Waals surface area contributed by atoms with Crippen molar-refractivity contribution >= 4 is 50.8 Å². The molecule has 3 N–H and O–H groups in total. The maximum absolute atomic E-state index is 13.5. The molecule has 0 bridgehead atoms. The summed E-state index contributed by atoms with van der Waals surface area (Å²) in [6, 6.07) is 3.68. The van der Waals surface area contributed by atoms with E-state index in [2.05, 4.69) is 20.6 Å². The van der Waals surface area contributed by atoms with E-state index in [0.717, 1.165) is 41.6 Å². The molecule has 0 spiro atoms. The Bertz CT molecular complexity index is 1390. The number of carbonyl (C=O) groups excluding carboxylic acids is 2. The Kier molecular flexibility index (Phi) is 6.72. The fourth-order valence-corrected chi connectivity index (χ4v) is 5.10. The van der Waals surface area contributed by atoms with E-state index in [1.165, 1.54) is 18.3 Å². The Balaban J connectivity index is 1.51. The Labute approximate surface area is 208 Å². The van der Waals surface area contributed by atoms with Crippen molar-refractivity contribution in [1.82, 2.24) is 19.9 Å². The van der Waals surface area contributed by atoms with Gasteiger partial charge in [0.1, 0.15) is 10.4 Å². The molecular formula is C23H24ClN5O5S. The van der Waals surface area contributed by atoms with Gasteiger partial charge in [-0.2, -0.15) is 0 Å². The summed E-state index contributed by atoms with van der Waals surface area (Å²) in [4.78, 5) is 59.1. The van der Waals surface area contributed by atoms with Gasteiger partial charge in [-0.05, 0) is 56.2 Å². The molecule has 1 aliphatic carbocycles. The first kappa shape index (κ1) is 23.7. The van der Waals surface area contributed by atoms with E-state index < -0.39 is 23.2 Å². The number of aromatic nitrogens is 3. The number of H-pyrrole nitrogens is 1. The monoisotopic (exact) mass is 517 g/mol. The van der Waals surface area contributed by atoms with Crippen LogP contribution in [0.5, 0.6) is 0 Å². The van der Waals surface area contributed by atoms with Gasteiger partial charge in [0.25, 0.3) is 11.5 Å². The lowest BCUT2D eigenvalue weighted by Crippen LogP contribution is -2.43. The second-order valence-electron chi connectivity index (χ2n) is 8.88. The number of amides is 2. The van der Waals surface area contributed by atoms with Gasteiger partial charge < -0.3 is 20.4 Å². The van der Waals surface area contributed by atoms with E-state index in [1.807, 2.05) is 0 Å². The van der Waals surface area contributed by atoms with Gasteiger partial charge in [-0.25, -0.2) is 14.3 Å². The molecule has 184 valence electrons. The standard InChI is InChI=1S/C23H24ClN5O5S/c24-18-11-25-22(35-18)28-20(31)17(9-12-5-7-34-8-6-12)29-21(32)15-4-1-13(10-16(15)27-23(29)33)19(30)26-14-2-3-14/h1,4,10-12,14,17H,2-3,5-9H2,(H,26,30)(H,27,33)(H,25,28,31). The predicted octanol–water partition coefficient (Wildman–Crippen LogP) is 2.69. The second kappa shape index (κ2) is 9.92. The number of rotatable bonds is 7. The van der Waals surface area contributed by atoms with Crippen molar-refractivity contribution in [3.63, 3.8) is 0 Å². The number of hydrogen-bond acceptors (Lipinski definition) is 7. The number of carbonyl (C=O) groups is 2. The molecule has 2 fully saturated rings. The highest BCUT2D eigenvalue weighted by Gasteiger charge is 2.30. The number of anilines is 1. The summed E-state index contributed by atoms with van der Waals surface area (Å²) in [7, 11) is 0. The molecule has 1 atom stereocenters. The summed E-state index contributed by atoms with van der Waals surface area (Å²) in [6.45, 7) is 1.13. The Morgan fingerprint density at radius 2 is 2.00 bits per heavy atom. The zero-order chi connectivity index (χ0) is 24.5. The number of nitrogens with one attached hydrogen (secondary N) is 3. The lowest BCUT2D eigenvalue weighted by Gasteiger charge is -2.26. The van der Waals surface area contributed by atoms with E-state index >= 15 is 0 Å². The lowest BCUT2D eigenvalue weighted by atomic mass is 9.92. The van der Waals surface area contributed by atoms with Crippen LogP contribution in [0.4, 0.5) is 5.13 Å². The highest BCUT2D eigenvalue weighted by atomic mass is 35.5. The zero-order valence-corrected chi connectivity index (χ0v) is 20.3. The van der Waals surface area contributed by atoms with Crippen LogP contribution in [0.25, 0.3) is 10.9 Å². The normalized spacial score (nSPS) is 17.3. The van der Waals surface area contributed by atoms with Gasteiger partial charge in [0.05, 0.1) is 17.1 Å². The summed E-state index contributed by atoms with van der Waals surface area (Å²) in [6.07, 6.45) is 5.07. The van der Waals surface area contributed by atoms with Crippen LogP contribution in [-0.4, -0.2) is 45.6 Å². The first-order chi connectivity index (χ1) is 16.9. The van der Waals surface area contributed by atoms with Gasteiger partial charge >= 0.3 is 5.69 Å². The number of benzene rings is 1. The van der Waals surface area contributed by atoms with Crippen LogP contribution in [0.3, 0.4) is 0 Å². The maximum Gasteiger partial charge on any atom is 0.329 e. The average Bonchev–Trinajstić information content (AvgIpc) is 3.57. The Hall–Kier alpha value is -3.02. The smallest absolute Gasteiger partial charge is 0.329 e. The molecule has 3 heterocycles. The van der Waals surface area contributed by atoms with Crippen LogP contribution in [-0.2, 0) is 9.53 Å². The van der Waals surface area contributed by atoms with Gasteiger partial charge in [-0.1, -0.05) is 22.9 Å². The van der Waals surface area contributed by atoms with Crippen molar-refractivity contribution in [3.8, 4) is 0 Å². The molecule has 3 aromatic rings. The molecule has 1 aliphatic heterocycles. The molecule has 1 saturated heterocycles. The van der Waals surface area contributed by atoms with E-state index in [0.29, 0.717) is 29.5 Å². The number of fused-ring (bicyclic) bond motifs is 1. The molecule has 2 aromatic heterocycles. The van der Waals surface area contributed by atoms with Crippen molar-refractivity contribution in [2.24, 2.45) is 5.92 Å². The van der Waals surface area contributed by atoms with Gasteiger partial charge in [-0.15, -0.1) is 0 Å². The minimum Gasteiger partial charge on any atom is -0.381 e. The summed E-state index contributed by atoms with van der Waals surface area (Å²) < 4.78 is 6.79. The third-order valence-corrected chi connectivity index (χ3v) is 7.35. The van der Waals surface area contributed by atoms with Crippen LogP contribution >= 0.6 is 22.9 Å². The van der Waals surface area contributed by atoms with Crippen LogP contribution in [0.15, 0.2) is 34.0 Å². The van der Waals surface area contributed by atoms with E-state index in [1.54, 1.807) is 6.07 Å². The molecule has 10 nitrogen and oxygen atoms in total. The number of ether oxygens (including phenoxy) is 1. The van der Waals surface area contributed by atoms with Crippen LogP contribution in [0.2, 0.25) is 4.34 Å². The molecule has 1 unspecified atom stereocenters. The molecule has 2 aliphatic rings. The average molecular weight is 518 g/mol. The molecule has 2 amide bonds. The highest BCUT2D eigenvalue weighted by molar-refractivity contribution is 7.19. The third-order valence-electron chi connectivity index (χ3n) is 6.32. The van der Waals surface area contributed by atoms with E-state index in [-0.39, 0.29) is 33.9 Å². The van der Waals surface area contributed by atoms with Gasteiger partial charge in [0, 0.05) is 24.8 Å². The van der Waals surface area contributed by atoms with Crippen LogP contribution in [0.1, 0.15) is 48.5 Å². The number of nitrogens with zero attached hydrogens (tertiary/aromatic N) is 2. The molecule has 35 heavy (non-hydrogen) atoms. The second-order valence-corrected chi connectivity index (χ2v) is 10.5. The zero-order valence-electron chi connectivity index (χ0n) is 18.7. The summed E-state index contributed by atoms with van der Waals surface area (Å²) in [5.41, 5.74) is -0.708. The summed E-state index contributed by atoms with van der Waals surface area (Å²) in [5, 5.41) is 6.08. The van der Waals surface area contributed by atoms with Crippen molar-refractivity contribution in [3.05, 3.63) is 55.1 Å². The SMILES string of the molecule is O=C(NC1CC1)c1ccc2c(=O)n(C(CC3CCOCC3)C(=O)Nc3ncc(Cl)s3)c(=O)[nH]c2c1. The molecule has 0 radical (unpaired) electrons. The molecular weight excluding hydrogens is 494 g/mol. The molecule has 1 aromatic carbocycles.